The second kappa shape index (κ2) is 8.41. The Morgan fingerprint density at radius 1 is 1.08 bits per heavy atom. The lowest BCUT2D eigenvalue weighted by molar-refractivity contribution is -0.199. The fourth-order valence-corrected chi connectivity index (χ4v) is 6.46. The Bertz CT molecular complexity index is 1350. The predicted octanol–water partition coefficient (Wildman–Crippen LogP) is 3.06. The number of aromatic nitrogens is 4. The summed E-state index contributed by atoms with van der Waals surface area (Å²) in [6.07, 6.45) is 3.01. The van der Waals surface area contributed by atoms with Gasteiger partial charge < -0.3 is 19.3 Å². The highest BCUT2D eigenvalue weighted by Crippen LogP contribution is 2.46. The van der Waals surface area contributed by atoms with Crippen molar-refractivity contribution < 1.29 is 14.3 Å². The van der Waals surface area contributed by atoms with Gasteiger partial charge in [0.2, 0.25) is 5.91 Å². The van der Waals surface area contributed by atoms with E-state index >= 15 is 0 Å². The Morgan fingerprint density at radius 3 is 2.54 bits per heavy atom. The molecule has 0 bridgehead atoms. The van der Waals surface area contributed by atoms with Crippen molar-refractivity contribution >= 4 is 17.4 Å². The molecule has 3 saturated heterocycles. The van der Waals surface area contributed by atoms with Crippen LogP contribution in [0.25, 0.3) is 5.78 Å². The molecule has 194 valence electrons. The van der Waals surface area contributed by atoms with Crippen LogP contribution in [0.1, 0.15) is 48.0 Å². The Morgan fingerprint density at radius 2 is 1.84 bits per heavy atom. The highest BCUT2D eigenvalue weighted by Gasteiger charge is 2.52. The molecule has 1 amide bonds. The molecule has 2 aromatic heterocycles. The minimum absolute atomic E-state index is 0.103. The van der Waals surface area contributed by atoms with Crippen LogP contribution in [0.4, 0.5) is 5.69 Å². The number of rotatable bonds is 5. The first kappa shape index (κ1) is 23.0. The molecule has 9 nitrogen and oxygen atoms in total. The van der Waals surface area contributed by atoms with Crippen molar-refractivity contribution in [2.75, 3.05) is 44.3 Å². The van der Waals surface area contributed by atoms with E-state index in [-0.39, 0.29) is 12.0 Å². The van der Waals surface area contributed by atoms with Crippen LogP contribution in [-0.4, -0.2) is 75.9 Å². The number of nitrogens with zero attached hydrogens (tertiary/aromatic N) is 6. The number of amides is 1. The first-order chi connectivity index (χ1) is 17.9. The Hall–Kier alpha value is -3.20. The summed E-state index contributed by atoms with van der Waals surface area (Å²) < 4.78 is 13.5. The number of hydrogen-bond acceptors (Lipinski definition) is 7. The zero-order valence-electron chi connectivity index (χ0n) is 21.8. The molecular formula is C28H34N6O3. The Labute approximate surface area is 216 Å². The molecule has 0 radical (unpaired) electrons. The van der Waals surface area contributed by atoms with Crippen LogP contribution in [0.3, 0.4) is 0 Å². The maximum absolute atomic E-state index is 12.8. The summed E-state index contributed by atoms with van der Waals surface area (Å²) in [6.45, 7) is 11.1. The molecule has 5 heterocycles. The number of ether oxygens (including phenoxy) is 2. The molecule has 0 N–H and O–H groups in total. The lowest BCUT2D eigenvalue weighted by atomic mass is 9.69. The van der Waals surface area contributed by atoms with Crippen molar-refractivity contribution in [2.45, 2.75) is 52.1 Å². The van der Waals surface area contributed by atoms with Crippen LogP contribution in [0.2, 0.25) is 0 Å². The summed E-state index contributed by atoms with van der Waals surface area (Å²) >= 11 is 0. The summed E-state index contributed by atoms with van der Waals surface area (Å²) in [5.74, 6) is 3.18. The largest absolute Gasteiger partial charge is 0.485 e. The lowest BCUT2D eigenvalue weighted by Crippen LogP contribution is -2.68. The summed E-state index contributed by atoms with van der Waals surface area (Å²) in [7, 11) is 0. The van der Waals surface area contributed by atoms with E-state index in [1.807, 2.05) is 25.7 Å². The van der Waals surface area contributed by atoms with Gasteiger partial charge in [0.15, 0.2) is 5.75 Å². The van der Waals surface area contributed by atoms with Crippen LogP contribution < -0.4 is 9.64 Å². The van der Waals surface area contributed by atoms with Crippen LogP contribution >= 0.6 is 0 Å². The van der Waals surface area contributed by atoms with Gasteiger partial charge in [-0.1, -0.05) is 12.1 Å². The third-order valence-corrected chi connectivity index (χ3v) is 8.77. The number of benzene rings is 1. The number of carbonyl (C=O) groups is 1. The maximum Gasteiger partial charge on any atom is 0.253 e. The van der Waals surface area contributed by atoms with Crippen LogP contribution in [-0.2, 0) is 9.53 Å². The number of likely N-dealkylation sites (tertiary alicyclic amines) is 1. The third-order valence-electron chi connectivity index (χ3n) is 8.77. The summed E-state index contributed by atoms with van der Waals surface area (Å²) in [5, 5.41) is 4.45. The van der Waals surface area contributed by atoms with Gasteiger partial charge in [-0.3, -0.25) is 4.79 Å². The Kier molecular flexibility index (Phi) is 5.22. The normalized spacial score (nSPS) is 26.2. The first-order valence-electron chi connectivity index (χ1n) is 13.5. The molecule has 1 aromatic carbocycles. The predicted molar refractivity (Wildman–Crippen MR) is 138 cm³/mol. The number of hydrogen-bond donors (Lipinski definition) is 0. The number of fused-ring (bicyclic) bond motifs is 1. The van der Waals surface area contributed by atoms with E-state index in [2.05, 4.69) is 44.2 Å². The average molecular weight is 503 g/mol. The van der Waals surface area contributed by atoms with E-state index in [0.29, 0.717) is 28.8 Å². The highest BCUT2D eigenvalue weighted by atomic mass is 16.5. The quantitative estimate of drug-likeness (QED) is 0.530. The van der Waals surface area contributed by atoms with E-state index in [0.717, 1.165) is 75.8 Å². The van der Waals surface area contributed by atoms with Gasteiger partial charge in [0, 0.05) is 37.7 Å². The maximum atomic E-state index is 12.8. The lowest BCUT2D eigenvalue weighted by Gasteiger charge is -2.56. The molecule has 1 atom stereocenters. The van der Waals surface area contributed by atoms with Crippen LogP contribution in [0, 0.1) is 32.1 Å². The molecule has 9 heteroatoms. The molecule has 1 saturated carbocycles. The molecule has 7 rings (SSSR count). The summed E-state index contributed by atoms with van der Waals surface area (Å²) in [5.41, 5.74) is 4.66. The minimum Gasteiger partial charge on any atom is -0.485 e. The van der Waals surface area contributed by atoms with E-state index < -0.39 is 0 Å². The van der Waals surface area contributed by atoms with Crippen molar-refractivity contribution in [3.05, 3.63) is 47.0 Å². The first-order valence-corrected chi connectivity index (χ1v) is 13.5. The molecule has 4 fully saturated rings. The van der Waals surface area contributed by atoms with E-state index in [1.165, 1.54) is 11.3 Å². The summed E-state index contributed by atoms with van der Waals surface area (Å²) in [4.78, 5) is 26.2. The van der Waals surface area contributed by atoms with Crippen LogP contribution in [0.5, 0.6) is 5.75 Å². The number of aryl methyl sites for hydroxylation is 3. The van der Waals surface area contributed by atoms with Crippen molar-refractivity contribution in [2.24, 2.45) is 11.3 Å². The fourth-order valence-electron chi connectivity index (χ4n) is 6.46. The van der Waals surface area contributed by atoms with Gasteiger partial charge in [0.1, 0.15) is 11.9 Å². The van der Waals surface area contributed by atoms with Gasteiger partial charge in [-0.15, -0.1) is 5.10 Å². The number of anilines is 1. The highest BCUT2D eigenvalue weighted by molar-refractivity contribution is 5.81. The SMILES string of the molecule is Cc1nc2nc(C)c(O[C@@H]3CCN(c4ccc([C@H]5C[C@H](C(=O)N6CC7(COC7)C6)C5)cc4)C3)c(C)n2n1. The topological polar surface area (TPSA) is 85.1 Å². The van der Waals surface area contributed by atoms with Crippen molar-refractivity contribution in [1.82, 2.24) is 24.5 Å². The van der Waals surface area contributed by atoms with Gasteiger partial charge in [0.25, 0.3) is 5.78 Å². The fraction of sp³-hybridized carbons (Fsp3) is 0.571. The minimum atomic E-state index is 0.103. The monoisotopic (exact) mass is 502 g/mol. The van der Waals surface area contributed by atoms with Crippen molar-refractivity contribution in [3.8, 4) is 5.75 Å². The van der Waals surface area contributed by atoms with Gasteiger partial charge in [0.05, 0.1) is 36.6 Å². The summed E-state index contributed by atoms with van der Waals surface area (Å²) in [6, 6.07) is 8.95. The smallest absolute Gasteiger partial charge is 0.253 e. The van der Waals surface area contributed by atoms with Crippen molar-refractivity contribution in [1.29, 1.82) is 0 Å². The molecule has 3 aliphatic heterocycles. The third kappa shape index (κ3) is 3.86. The molecule has 37 heavy (non-hydrogen) atoms. The second-order valence-corrected chi connectivity index (χ2v) is 11.6. The second-order valence-electron chi connectivity index (χ2n) is 11.6. The zero-order chi connectivity index (χ0) is 25.3. The van der Waals surface area contributed by atoms with Gasteiger partial charge in [-0.05, 0) is 57.2 Å². The van der Waals surface area contributed by atoms with E-state index in [9.17, 15) is 4.79 Å². The van der Waals surface area contributed by atoms with Gasteiger partial charge in [-0.2, -0.15) is 9.50 Å². The van der Waals surface area contributed by atoms with E-state index in [4.69, 9.17) is 9.47 Å². The number of carbonyl (C=O) groups excluding carboxylic acids is 1. The molecule has 1 aliphatic carbocycles. The average Bonchev–Trinajstić information content (AvgIpc) is 3.40. The molecular weight excluding hydrogens is 468 g/mol. The molecule has 4 aliphatic rings. The van der Waals surface area contributed by atoms with Gasteiger partial charge >= 0.3 is 0 Å². The van der Waals surface area contributed by atoms with Crippen molar-refractivity contribution in [3.63, 3.8) is 0 Å². The van der Waals surface area contributed by atoms with Gasteiger partial charge in [-0.25, -0.2) is 4.98 Å². The molecule has 0 unspecified atom stereocenters. The van der Waals surface area contributed by atoms with E-state index in [1.54, 1.807) is 4.52 Å². The van der Waals surface area contributed by atoms with Crippen LogP contribution in [0.15, 0.2) is 24.3 Å². The molecule has 1 spiro atoms. The molecule has 3 aromatic rings. The zero-order valence-corrected chi connectivity index (χ0v) is 21.8. The standard InChI is InChI=1S/C28H34N6O3/c1-17-25(18(2)34-27(29-17)30-19(3)31-34)37-24-8-9-32(12-24)23-6-4-20(5-7-23)21-10-22(11-21)26(35)33-13-28(14-33)15-36-16-28/h4-7,21-22,24H,8-16H2,1-3H3/t21-,22-,24-/m1/s1. The Balaban J connectivity index is 0.940.